The van der Waals surface area contributed by atoms with Crippen molar-refractivity contribution in [2.45, 2.75) is 59.7 Å². The topological polar surface area (TPSA) is 58.2 Å². The number of fused-ring (bicyclic) bond motifs is 4. The van der Waals surface area contributed by atoms with Crippen LogP contribution in [-0.4, -0.2) is 17.4 Å². The number of unbranched alkanes of at least 4 members (excludes halogenated alkanes) is 2. The number of halogens is 2. The van der Waals surface area contributed by atoms with Crippen LogP contribution in [0.15, 0.2) is 181 Å². The van der Waals surface area contributed by atoms with E-state index >= 15 is 0 Å². The predicted molar refractivity (Wildman–Crippen MR) is 286 cm³/mol. The van der Waals surface area contributed by atoms with Gasteiger partial charge >= 0.3 is 412 Å². The number of carbonyl (C=O) groups excluding carboxylic acids is 2. The van der Waals surface area contributed by atoms with Gasteiger partial charge < -0.3 is 0 Å². The van der Waals surface area contributed by atoms with Gasteiger partial charge in [0, 0.05) is 0 Å². The van der Waals surface area contributed by atoms with Crippen molar-refractivity contribution >= 4 is 68.2 Å². The fourth-order valence-corrected chi connectivity index (χ4v) is 41.4. The molecule has 0 bridgehead atoms. The van der Waals surface area contributed by atoms with E-state index in [1.807, 2.05) is 0 Å². The van der Waals surface area contributed by atoms with E-state index in [-0.39, 0.29) is 0 Å². The van der Waals surface area contributed by atoms with Crippen molar-refractivity contribution in [3.05, 3.63) is 203 Å². The van der Waals surface area contributed by atoms with Gasteiger partial charge in [0.2, 0.25) is 0 Å². The number of benzene rings is 8. The Labute approximate surface area is 408 Å². The second-order valence-corrected chi connectivity index (χ2v) is 48.9. The molecular weight excluding hydrogens is 1040 g/mol. The molecule has 0 fully saturated rings. The third-order valence-electron chi connectivity index (χ3n) is 14.7. The molecule has 337 valence electrons. The molecule has 10 rings (SSSR count). The summed E-state index contributed by atoms with van der Waals surface area (Å²) in [6.07, 6.45) is 11.4. The molecule has 0 aromatic heterocycles. The van der Waals surface area contributed by atoms with Gasteiger partial charge in [-0.2, -0.15) is 0 Å². The van der Waals surface area contributed by atoms with Crippen LogP contribution in [0.5, 0.6) is 0 Å². The summed E-state index contributed by atoms with van der Waals surface area (Å²) in [5.41, 5.74) is 15.6. The molecule has 8 aromatic carbocycles. The number of amides is 2. The monoisotopic (exact) mass is 1100 g/mol. The first kappa shape index (κ1) is 46.0. The quantitative estimate of drug-likeness (QED) is 0.0705. The zero-order chi connectivity index (χ0) is 46.9. The summed E-state index contributed by atoms with van der Waals surface area (Å²) in [6, 6.07) is 60.5. The number of nitrogens with one attached hydrogen (secondary N) is 2. The van der Waals surface area contributed by atoms with Crippen LogP contribution >= 0.6 is 17.2 Å². The molecule has 68 heavy (non-hydrogen) atoms. The molecule has 2 amide bonds. The van der Waals surface area contributed by atoms with Gasteiger partial charge in [-0.3, -0.25) is 0 Å². The van der Waals surface area contributed by atoms with Gasteiger partial charge in [0.05, 0.1) is 0 Å². The molecule has 2 unspecified atom stereocenters. The van der Waals surface area contributed by atoms with E-state index in [9.17, 15) is 9.59 Å². The second kappa shape index (κ2) is 19.3. The first-order valence-electron chi connectivity index (χ1n) is 24.1. The zero-order valence-electron chi connectivity index (χ0n) is 38.5. The fraction of sp³-hybridized carbons (Fsp3) is 0.167. The summed E-state index contributed by atoms with van der Waals surface area (Å²) in [6.45, 7) is 4.41. The Morgan fingerprint density at radius 1 is 0.456 bits per heavy atom. The first-order chi connectivity index (χ1) is 33.3. The Hall–Kier alpha value is -5.78. The van der Waals surface area contributed by atoms with Crippen molar-refractivity contribution in [1.82, 2.24) is 10.5 Å². The van der Waals surface area contributed by atoms with Crippen LogP contribution in [0.2, 0.25) is 0 Å². The molecule has 2 aliphatic rings. The van der Waals surface area contributed by atoms with Crippen molar-refractivity contribution < 1.29 is 25.5 Å². The van der Waals surface area contributed by atoms with Crippen molar-refractivity contribution in [3.63, 3.8) is 0 Å². The fourth-order valence-electron chi connectivity index (χ4n) is 11.7. The molecule has 0 heterocycles. The molecule has 0 aliphatic heterocycles. The standard InChI is InChI=1S/2C29H25.C2H3BN2O2.2ClH.Hf/c2*1-2-3-10-21-19-23-13-9-18-28(29(23)20-21)27-16-7-6-15-26(27)25-17-8-12-22-11-4-5-14-24(22)25;6-1-4-3-5-2-7;;;/h2*4-9,11-20H,2-3,10H2,1H3;1-2H,(H-,4,5,6,7);2*1H;/q;;;;;+1/p-1. The van der Waals surface area contributed by atoms with Crippen LogP contribution in [0.4, 0.5) is 0 Å². The average Bonchev–Trinajstić information content (AvgIpc) is 3.97. The minimum absolute atomic E-state index is 0.445. The minimum atomic E-state index is -6.26. The SMILES string of the molecule is CCCCC1=Cc2c(-c3ccccc3-c3cccc4ccccc34)cccc2[CH]1[Hf]([Cl])([Cl])([B](NC=O)NC=O)[CH]1C(CCCC)=Cc2c(-c3ccccc3-c3cccc4ccccc34)cccc21. The van der Waals surface area contributed by atoms with Crippen LogP contribution in [-0.2, 0) is 25.5 Å². The number of hydrogen-bond acceptors (Lipinski definition) is 2. The molecule has 8 aromatic rings. The third-order valence-corrected chi connectivity index (χ3v) is 43.4. The average molecular weight is 1100 g/mol. The molecule has 2 aliphatic carbocycles. The Kier molecular flexibility index (Phi) is 13.1. The van der Waals surface area contributed by atoms with Gasteiger partial charge in [0.25, 0.3) is 0 Å². The zero-order valence-corrected chi connectivity index (χ0v) is 43.6. The van der Waals surface area contributed by atoms with Gasteiger partial charge in [-0.15, -0.1) is 0 Å². The normalized spacial score (nSPS) is 15.7. The molecule has 0 spiro atoms. The molecule has 8 heteroatoms. The molecule has 0 radical (unpaired) electrons. The van der Waals surface area contributed by atoms with Crippen LogP contribution in [0.25, 0.3) is 78.2 Å². The van der Waals surface area contributed by atoms with Crippen molar-refractivity contribution in [1.29, 1.82) is 0 Å². The number of hydrogen-bond donors (Lipinski definition) is 2. The van der Waals surface area contributed by atoms with Crippen molar-refractivity contribution in [2.75, 3.05) is 0 Å². The van der Waals surface area contributed by atoms with E-state index in [1.54, 1.807) is 0 Å². The maximum atomic E-state index is 12.9. The number of allylic oxidation sites excluding steroid dienone is 2. The Morgan fingerprint density at radius 2 is 0.794 bits per heavy atom. The van der Waals surface area contributed by atoms with Gasteiger partial charge in [0.1, 0.15) is 0 Å². The Bertz CT molecular complexity index is 3080. The van der Waals surface area contributed by atoms with E-state index in [2.05, 4.69) is 206 Å². The van der Waals surface area contributed by atoms with Crippen molar-refractivity contribution in [2.24, 2.45) is 0 Å². The molecule has 2 N–H and O–H groups in total. The maximum absolute atomic E-state index is 12.9. The van der Waals surface area contributed by atoms with Gasteiger partial charge in [-0.1, -0.05) is 0 Å². The molecular formula is C60H54BCl2HfN2O2. The molecule has 4 nitrogen and oxygen atoms in total. The van der Waals surface area contributed by atoms with E-state index in [1.165, 1.54) is 21.5 Å². The molecule has 0 saturated heterocycles. The van der Waals surface area contributed by atoms with Crippen molar-refractivity contribution in [3.8, 4) is 44.5 Å². The van der Waals surface area contributed by atoms with Crippen LogP contribution in [0.1, 0.15) is 82.0 Å². The molecule has 0 saturated carbocycles. The summed E-state index contributed by atoms with van der Waals surface area (Å²) in [4.78, 5) is 25.9. The van der Waals surface area contributed by atoms with Gasteiger partial charge in [0.15, 0.2) is 0 Å². The third kappa shape index (κ3) is 7.83. The summed E-state index contributed by atoms with van der Waals surface area (Å²) in [5, 5.41) is 10.9. The van der Waals surface area contributed by atoms with Gasteiger partial charge in [-0.25, -0.2) is 0 Å². The summed E-state index contributed by atoms with van der Waals surface area (Å²) in [7, 11) is 18.0. The Balaban J connectivity index is 1.21. The summed E-state index contributed by atoms with van der Waals surface area (Å²) in [5.74, 6) is 0. The second-order valence-electron chi connectivity index (χ2n) is 18.5. The predicted octanol–water partition coefficient (Wildman–Crippen LogP) is 16.1. The first-order valence-corrected chi connectivity index (χ1v) is 39.2. The van der Waals surface area contributed by atoms with E-state index in [4.69, 9.17) is 17.2 Å². The van der Waals surface area contributed by atoms with E-state index < -0.39 is 27.8 Å². The molecule has 2 atom stereocenters. The number of carbonyl (C=O) groups is 2. The van der Waals surface area contributed by atoms with E-state index in [0.717, 1.165) is 116 Å². The number of rotatable bonds is 17. The van der Waals surface area contributed by atoms with Crippen LogP contribution in [0, 0.1) is 0 Å². The summed E-state index contributed by atoms with van der Waals surface area (Å²) >= 11 is -6.26. The van der Waals surface area contributed by atoms with Crippen LogP contribution < -0.4 is 10.5 Å². The van der Waals surface area contributed by atoms with E-state index in [0.29, 0.717) is 12.8 Å². The van der Waals surface area contributed by atoms with Crippen LogP contribution in [0.3, 0.4) is 0 Å². The summed E-state index contributed by atoms with van der Waals surface area (Å²) < 4.78 is -1.89. The Morgan fingerprint density at radius 3 is 1.21 bits per heavy atom. The van der Waals surface area contributed by atoms with Gasteiger partial charge in [-0.05, 0) is 0 Å².